The number of aromatic amines is 1. The molecular weight excluding hydrogens is 510 g/mol. The number of carbonyl (C=O) groups is 1. The highest BCUT2D eigenvalue weighted by Crippen LogP contribution is 2.43. The summed E-state index contributed by atoms with van der Waals surface area (Å²) < 4.78 is 0. The Bertz CT molecular complexity index is 1640. The minimum Gasteiger partial charge on any atom is -0.395 e. The number of aliphatic hydroxyl groups is 1. The van der Waals surface area contributed by atoms with Gasteiger partial charge in [0, 0.05) is 48.5 Å². The first-order valence-electron chi connectivity index (χ1n) is 15.0. The van der Waals surface area contributed by atoms with Gasteiger partial charge >= 0.3 is 0 Å². The number of aryl methyl sites for hydroxylation is 1. The molecule has 2 N–H and O–H groups in total. The number of aromatic nitrogens is 3. The Labute approximate surface area is 240 Å². The Morgan fingerprint density at radius 1 is 1.10 bits per heavy atom. The fourth-order valence-electron chi connectivity index (χ4n) is 6.78. The molecule has 1 aliphatic carbocycles. The average Bonchev–Trinajstić information content (AvgIpc) is 3.78. The zero-order valence-electron chi connectivity index (χ0n) is 23.6. The Hall–Kier alpha value is -3.81. The first-order valence-corrected chi connectivity index (χ1v) is 15.0. The average molecular weight is 548 g/mol. The Morgan fingerprint density at radius 2 is 2.00 bits per heavy atom. The van der Waals surface area contributed by atoms with E-state index in [0.29, 0.717) is 12.5 Å². The van der Waals surface area contributed by atoms with Crippen molar-refractivity contribution < 1.29 is 9.90 Å². The molecule has 1 atom stereocenters. The Morgan fingerprint density at radius 3 is 2.78 bits per heavy atom. The molecule has 0 radical (unpaired) electrons. The largest absolute Gasteiger partial charge is 0.395 e. The SMILES string of the molecule is Cc1c(-c2ncnc3[nH]c(C4=CCN(CCO)CC4)cc23)cccc1N1CCCc2cc(C3CC3)ccc2C1C=O. The quantitative estimate of drug-likeness (QED) is 0.294. The normalized spacial score (nSPS) is 19.6. The zero-order chi connectivity index (χ0) is 27.9. The summed E-state index contributed by atoms with van der Waals surface area (Å²) in [7, 11) is 0. The minimum absolute atomic E-state index is 0.186. The van der Waals surface area contributed by atoms with Crippen molar-refractivity contribution in [2.75, 3.05) is 37.7 Å². The number of carbonyl (C=O) groups excluding carboxylic acids is 1. The Balaban J connectivity index is 1.24. The third kappa shape index (κ3) is 4.87. The van der Waals surface area contributed by atoms with Gasteiger partial charge in [0.2, 0.25) is 0 Å². The molecule has 2 aliphatic heterocycles. The van der Waals surface area contributed by atoms with Crippen LogP contribution in [-0.4, -0.2) is 64.0 Å². The van der Waals surface area contributed by atoms with E-state index in [1.165, 1.54) is 29.5 Å². The van der Waals surface area contributed by atoms with Gasteiger partial charge in [0.05, 0.1) is 12.3 Å². The molecule has 7 heteroatoms. The predicted molar refractivity (Wildman–Crippen MR) is 163 cm³/mol. The van der Waals surface area contributed by atoms with Crippen molar-refractivity contribution in [2.24, 2.45) is 0 Å². The number of rotatable bonds is 7. The number of aldehydes is 1. The topological polar surface area (TPSA) is 85.3 Å². The van der Waals surface area contributed by atoms with Gasteiger partial charge in [-0.1, -0.05) is 36.4 Å². The third-order valence-corrected chi connectivity index (χ3v) is 9.20. The summed E-state index contributed by atoms with van der Waals surface area (Å²) in [5.74, 6) is 0.710. The van der Waals surface area contributed by atoms with E-state index in [4.69, 9.17) is 4.98 Å². The van der Waals surface area contributed by atoms with Crippen molar-refractivity contribution in [1.82, 2.24) is 19.9 Å². The van der Waals surface area contributed by atoms with Gasteiger partial charge in [-0.2, -0.15) is 0 Å². The standard InChI is InChI=1S/C34H37N5O2/c1-22-27(33-29-19-30(37-34(29)36-21-35-33)24-11-14-38(15-12-24)16-17-40)5-2-6-31(22)39-13-3-4-26-18-25(23-7-8-23)9-10-28(26)32(39)20-41/h2,5-6,9-11,18-21,23,32,40H,3-4,7-8,12-17H2,1H3,(H,35,36,37). The van der Waals surface area contributed by atoms with Crippen LogP contribution in [0.3, 0.4) is 0 Å². The van der Waals surface area contributed by atoms with Crippen LogP contribution in [0.1, 0.15) is 65.6 Å². The number of aliphatic hydroxyl groups excluding tert-OH is 1. The molecule has 41 heavy (non-hydrogen) atoms. The maximum absolute atomic E-state index is 12.7. The number of fused-ring (bicyclic) bond motifs is 2. The molecule has 7 rings (SSSR count). The van der Waals surface area contributed by atoms with Crippen LogP contribution in [0.4, 0.5) is 5.69 Å². The van der Waals surface area contributed by atoms with Gasteiger partial charge in [-0.25, -0.2) is 9.97 Å². The number of nitrogens with one attached hydrogen (secondary N) is 1. The number of hydrogen-bond donors (Lipinski definition) is 2. The van der Waals surface area contributed by atoms with Gasteiger partial charge in [-0.3, -0.25) is 4.90 Å². The molecular formula is C34H37N5O2. The van der Waals surface area contributed by atoms with E-state index in [9.17, 15) is 9.90 Å². The van der Waals surface area contributed by atoms with Crippen LogP contribution < -0.4 is 4.90 Å². The smallest absolute Gasteiger partial charge is 0.146 e. The molecule has 2 aromatic heterocycles. The molecule has 1 unspecified atom stereocenters. The van der Waals surface area contributed by atoms with Gasteiger partial charge in [0.25, 0.3) is 0 Å². The molecule has 0 bridgehead atoms. The van der Waals surface area contributed by atoms with Crippen molar-refractivity contribution >= 4 is 28.6 Å². The van der Waals surface area contributed by atoms with Crippen LogP contribution in [0, 0.1) is 6.92 Å². The van der Waals surface area contributed by atoms with Crippen molar-refractivity contribution in [3.05, 3.63) is 82.8 Å². The number of β-amino-alcohol motifs (C(OH)–C–C–N with tert-alkyl or cyclic N) is 1. The van der Waals surface area contributed by atoms with Crippen LogP contribution in [0.15, 0.2) is 54.9 Å². The molecule has 0 saturated heterocycles. The second kappa shape index (κ2) is 10.9. The van der Waals surface area contributed by atoms with Crippen LogP contribution >= 0.6 is 0 Å². The van der Waals surface area contributed by atoms with Crippen LogP contribution in [0.5, 0.6) is 0 Å². The number of anilines is 1. The predicted octanol–water partition coefficient (Wildman–Crippen LogP) is 5.58. The fourth-order valence-corrected chi connectivity index (χ4v) is 6.78. The lowest BCUT2D eigenvalue weighted by atomic mass is 9.94. The summed E-state index contributed by atoms with van der Waals surface area (Å²) in [4.78, 5) is 30.1. The molecule has 2 aromatic carbocycles. The molecule has 4 aromatic rings. The molecule has 1 fully saturated rings. The molecule has 1 saturated carbocycles. The van der Waals surface area contributed by atoms with E-state index < -0.39 is 0 Å². The van der Waals surface area contributed by atoms with Gasteiger partial charge < -0.3 is 19.8 Å². The highest BCUT2D eigenvalue weighted by molar-refractivity contribution is 5.95. The number of hydrogen-bond acceptors (Lipinski definition) is 6. The van der Waals surface area contributed by atoms with Gasteiger partial charge in [-0.05, 0) is 84.9 Å². The van der Waals surface area contributed by atoms with Crippen LogP contribution in [0.25, 0.3) is 27.9 Å². The summed E-state index contributed by atoms with van der Waals surface area (Å²) in [6, 6.07) is 15.0. The van der Waals surface area contributed by atoms with E-state index in [1.807, 2.05) is 0 Å². The second-order valence-electron chi connectivity index (χ2n) is 11.7. The van der Waals surface area contributed by atoms with Crippen molar-refractivity contribution in [2.45, 2.75) is 51.0 Å². The summed E-state index contributed by atoms with van der Waals surface area (Å²) in [5, 5.41) is 10.3. The molecule has 0 spiro atoms. The summed E-state index contributed by atoms with van der Waals surface area (Å²) in [5.41, 5.74) is 11.3. The lowest BCUT2D eigenvalue weighted by Gasteiger charge is -2.31. The number of H-pyrrole nitrogens is 1. The molecule has 7 nitrogen and oxygen atoms in total. The maximum Gasteiger partial charge on any atom is 0.146 e. The first kappa shape index (κ1) is 26.1. The van der Waals surface area contributed by atoms with Gasteiger partial charge in [0.15, 0.2) is 0 Å². The lowest BCUT2D eigenvalue weighted by Crippen LogP contribution is -2.31. The van der Waals surface area contributed by atoms with E-state index in [0.717, 1.165) is 90.0 Å². The zero-order valence-corrected chi connectivity index (χ0v) is 23.6. The molecule has 210 valence electrons. The lowest BCUT2D eigenvalue weighted by molar-refractivity contribution is -0.109. The van der Waals surface area contributed by atoms with E-state index in [1.54, 1.807) is 6.33 Å². The first-order chi connectivity index (χ1) is 20.1. The van der Waals surface area contributed by atoms with Gasteiger partial charge in [-0.15, -0.1) is 0 Å². The van der Waals surface area contributed by atoms with Crippen LogP contribution in [0.2, 0.25) is 0 Å². The van der Waals surface area contributed by atoms with Crippen molar-refractivity contribution in [3.63, 3.8) is 0 Å². The maximum atomic E-state index is 12.7. The van der Waals surface area contributed by atoms with E-state index in [2.05, 4.69) is 75.2 Å². The fraction of sp³-hybridized carbons (Fsp3) is 0.382. The minimum atomic E-state index is -0.303. The highest BCUT2D eigenvalue weighted by atomic mass is 16.3. The van der Waals surface area contributed by atoms with E-state index in [-0.39, 0.29) is 12.6 Å². The van der Waals surface area contributed by atoms with Crippen molar-refractivity contribution in [3.8, 4) is 11.3 Å². The summed E-state index contributed by atoms with van der Waals surface area (Å²) >= 11 is 0. The number of nitrogens with zero attached hydrogens (tertiary/aromatic N) is 4. The molecule has 3 aliphatic rings. The Kier molecular flexibility index (Phi) is 6.93. The van der Waals surface area contributed by atoms with Gasteiger partial charge in [0.1, 0.15) is 24.3 Å². The molecule has 0 amide bonds. The molecule has 4 heterocycles. The van der Waals surface area contributed by atoms with Crippen molar-refractivity contribution in [1.29, 1.82) is 0 Å². The highest BCUT2D eigenvalue weighted by Gasteiger charge is 2.30. The summed E-state index contributed by atoms with van der Waals surface area (Å²) in [6.07, 6.45) is 10.5. The monoisotopic (exact) mass is 547 g/mol. The summed E-state index contributed by atoms with van der Waals surface area (Å²) in [6.45, 7) is 5.64. The van der Waals surface area contributed by atoms with Crippen LogP contribution in [-0.2, 0) is 11.2 Å². The third-order valence-electron chi connectivity index (χ3n) is 9.20. The van der Waals surface area contributed by atoms with E-state index >= 15 is 0 Å². The second-order valence-corrected chi connectivity index (χ2v) is 11.7. The number of benzene rings is 2.